The molecule has 0 saturated carbocycles. The average Bonchev–Trinajstić information content (AvgIpc) is 3.51. The molecule has 9 heteroatoms. The largest absolute Gasteiger partial charge is 0.444 e. The van der Waals surface area contributed by atoms with Crippen LogP contribution in [0.2, 0.25) is 0 Å². The van der Waals surface area contributed by atoms with Crippen molar-refractivity contribution in [3.05, 3.63) is 41.3 Å². The maximum atomic E-state index is 12.4. The van der Waals surface area contributed by atoms with E-state index in [1.807, 2.05) is 27.7 Å². The van der Waals surface area contributed by atoms with Crippen molar-refractivity contribution in [2.24, 2.45) is 0 Å². The zero-order chi connectivity index (χ0) is 20.5. The van der Waals surface area contributed by atoms with Crippen LogP contribution in [0.25, 0.3) is 34.1 Å². The summed E-state index contributed by atoms with van der Waals surface area (Å²) in [6, 6.07) is 9.36. The number of carbonyl (C=O) groups excluding carboxylic acids is 1. The molecule has 8 nitrogen and oxygen atoms in total. The fourth-order valence-corrected chi connectivity index (χ4v) is 4.08. The quantitative estimate of drug-likeness (QED) is 0.426. The van der Waals surface area contributed by atoms with E-state index in [-0.39, 0.29) is 5.91 Å². The van der Waals surface area contributed by atoms with E-state index in [0.29, 0.717) is 35.1 Å². The van der Waals surface area contributed by atoms with Crippen LogP contribution in [-0.2, 0) is 11.3 Å². The molecule has 1 aliphatic rings. The summed E-state index contributed by atoms with van der Waals surface area (Å²) in [6.45, 7) is 2.38. The van der Waals surface area contributed by atoms with Gasteiger partial charge >= 0.3 is 0 Å². The number of rotatable bonds is 5. The van der Waals surface area contributed by atoms with Crippen LogP contribution in [0.3, 0.4) is 0 Å². The molecule has 30 heavy (non-hydrogen) atoms. The first kappa shape index (κ1) is 19.0. The third-order valence-corrected chi connectivity index (χ3v) is 5.79. The van der Waals surface area contributed by atoms with Gasteiger partial charge in [0.2, 0.25) is 11.7 Å². The van der Waals surface area contributed by atoms with Gasteiger partial charge in [-0.25, -0.2) is 4.98 Å². The van der Waals surface area contributed by atoms with Crippen LogP contribution in [0.5, 0.6) is 0 Å². The number of carbonyl (C=O) groups is 1. The molecule has 0 radical (unpaired) electrons. The minimum Gasteiger partial charge on any atom is -0.444 e. The van der Waals surface area contributed by atoms with E-state index in [9.17, 15) is 4.79 Å². The van der Waals surface area contributed by atoms with Gasteiger partial charge in [0.05, 0.1) is 17.4 Å². The number of furan rings is 1. The van der Waals surface area contributed by atoms with Crippen LogP contribution in [0.1, 0.15) is 25.7 Å². The van der Waals surface area contributed by atoms with E-state index in [1.54, 1.807) is 18.5 Å². The van der Waals surface area contributed by atoms with Crippen molar-refractivity contribution in [2.75, 3.05) is 13.1 Å². The molecule has 0 spiro atoms. The number of aromatic nitrogens is 4. The lowest BCUT2D eigenvalue weighted by atomic mass is 10.1. The lowest BCUT2D eigenvalue weighted by Crippen LogP contribution is -2.35. The third kappa shape index (κ3) is 3.77. The molecular weight excluding hydrogens is 450 g/mol. The second kappa shape index (κ2) is 8.06. The molecule has 4 aromatic rings. The zero-order valence-electron chi connectivity index (χ0n) is 16.3. The second-order valence-corrected chi connectivity index (χ2v) is 8.14. The Bertz CT molecular complexity index is 1190. The number of aryl methyl sites for hydroxylation is 1. The van der Waals surface area contributed by atoms with Crippen molar-refractivity contribution in [1.29, 1.82) is 0 Å². The molecule has 1 aliphatic heterocycles. The standard InChI is InChI=1S/C21H20BrN5O3/c22-18-7-6-17(29-18)21-24-20(25-30-21)14-4-5-16-15(12-14)23-13-27(16)11-8-19(28)26-9-2-1-3-10-26/h4-7,12-13H,1-3,8-11H2. The molecule has 1 aromatic carbocycles. The molecule has 0 aliphatic carbocycles. The van der Waals surface area contributed by atoms with Crippen LogP contribution in [0.15, 0.2) is 50.3 Å². The number of imidazole rings is 1. The van der Waals surface area contributed by atoms with Gasteiger partial charge in [0.1, 0.15) is 0 Å². The van der Waals surface area contributed by atoms with Crippen LogP contribution < -0.4 is 0 Å². The Kier molecular flexibility index (Phi) is 5.12. The number of amides is 1. The molecule has 1 saturated heterocycles. The summed E-state index contributed by atoms with van der Waals surface area (Å²) in [6.07, 6.45) is 5.70. The van der Waals surface area contributed by atoms with Gasteiger partial charge in [-0.2, -0.15) is 4.98 Å². The summed E-state index contributed by atoms with van der Waals surface area (Å²) in [4.78, 5) is 23.3. The number of halogens is 1. The maximum Gasteiger partial charge on any atom is 0.293 e. The van der Waals surface area contributed by atoms with Gasteiger partial charge in [-0.05, 0) is 65.5 Å². The normalized spacial score (nSPS) is 14.5. The van der Waals surface area contributed by atoms with Gasteiger partial charge < -0.3 is 18.4 Å². The lowest BCUT2D eigenvalue weighted by Gasteiger charge is -2.26. The monoisotopic (exact) mass is 469 g/mol. The van der Waals surface area contributed by atoms with Crippen molar-refractivity contribution in [2.45, 2.75) is 32.2 Å². The zero-order valence-corrected chi connectivity index (χ0v) is 17.8. The third-order valence-electron chi connectivity index (χ3n) is 5.36. The van der Waals surface area contributed by atoms with E-state index < -0.39 is 0 Å². The summed E-state index contributed by atoms with van der Waals surface area (Å²) in [5.74, 6) is 1.51. The number of fused-ring (bicyclic) bond motifs is 1. The van der Waals surface area contributed by atoms with E-state index in [1.165, 1.54) is 6.42 Å². The van der Waals surface area contributed by atoms with E-state index in [0.717, 1.165) is 42.5 Å². The molecule has 5 rings (SSSR count). The summed E-state index contributed by atoms with van der Waals surface area (Å²) in [5.41, 5.74) is 2.60. The smallest absolute Gasteiger partial charge is 0.293 e. The van der Waals surface area contributed by atoms with Gasteiger partial charge in [0.15, 0.2) is 10.4 Å². The highest BCUT2D eigenvalue weighted by molar-refractivity contribution is 9.10. The molecule has 0 bridgehead atoms. The van der Waals surface area contributed by atoms with Gasteiger partial charge in [-0.1, -0.05) is 5.16 Å². The Morgan fingerprint density at radius 1 is 1.13 bits per heavy atom. The fraction of sp³-hybridized carbons (Fsp3) is 0.333. The van der Waals surface area contributed by atoms with Crippen LogP contribution >= 0.6 is 15.9 Å². The fourth-order valence-electron chi connectivity index (χ4n) is 3.77. The number of nitrogens with zero attached hydrogens (tertiary/aromatic N) is 5. The maximum absolute atomic E-state index is 12.4. The molecule has 154 valence electrons. The molecule has 3 aromatic heterocycles. The summed E-state index contributed by atoms with van der Waals surface area (Å²) in [7, 11) is 0. The highest BCUT2D eigenvalue weighted by Gasteiger charge is 2.17. The lowest BCUT2D eigenvalue weighted by molar-refractivity contribution is -0.132. The molecular formula is C21H20BrN5O3. The van der Waals surface area contributed by atoms with Gasteiger partial charge in [0, 0.05) is 31.6 Å². The van der Waals surface area contributed by atoms with E-state index in [4.69, 9.17) is 8.94 Å². The Labute approximate surface area is 181 Å². The summed E-state index contributed by atoms with van der Waals surface area (Å²) < 4.78 is 13.4. The predicted molar refractivity (Wildman–Crippen MR) is 113 cm³/mol. The highest BCUT2D eigenvalue weighted by atomic mass is 79.9. The van der Waals surface area contributed by atoms with Crippen molar-refractivity contribution < 1.29 is 13.7 Å². The molecule has 0 N–H and O–H groups in total. The number of benzene rings is 1. The van der Waals surface area contributed by atoms with Crippen molar-refractivity contribution in [3.63, 3.8) is 0 Å². The summed E-state index contributed by atoms with van der Waals surface area (Å²) in [5, 5.41) is 4.05. The van der Waals surface area contributed by atoms with E-state index >= 15 is 0 Å². The van der Waals surface area contributed by atoms with Crippen LogP contribution in [0, 0.1) is 0 Å². The van der Waals surface area contributed by atoms with Crippen LogP contribution in [-0.4, -0.2) is 43.6 Å². The van der Waals surface area contributed by atoms with Crippen molar-refractivity contribution in [3.8, 4) is 23.0 Å². The van der Waals surface area contributed by atoms with Gasteiger partial charge in [0.25, 0.3) is 5.89 Å². The Morgan fingerprint density at radius 2 is 2.00 bits per heavy atom. The minimum atomic E-state index is 0.219. The van der Waals surface area contributed by atoms with Crippen LogP contribution in [0.4, 0.5) is 0 Å². The average molecular weight is 470 g/mol. The first-order valence-corrected chi connectivity index (χ1v) is 10.8. The Hall–Kier alpha value is -2.94. The first-order chi connectivity index (χ1) is 14.7. The minimum absolute atomic E-state index is 0.219. The summed E-state index contributed by atoms with van der Waals surface area (Å²) >= 11 is 3.26. The molecule has 0 unspecified atom stereocenters. The number of hydrogen-bond acceptors (Lipinski definition) is 6. The first-order valence-electron chi connectivity index (χ1n) is 10.00. The topological polar surface area (TPSA) is 90.2 Å². The molecule has 1 amide bonds. The molecule has 1 fully saturated rings. The number of hydrogen-bond donors (Lipinski definition) is 0. The molecule has 0 atom stereocenters. The Balaban J connectivity index is 1.31. The molecule has 4 heterocycles. The Morgan fingerprint density at radius 3 is 2.80 bits per heavy atom. The van der Waals surface area contributed by atoms with Gasteiger partial charge in [-0.3, -0.25) is 4.79 Å². The van der Waals surface area contributed by atoms with Gasteiger partial charge in [-0.15, -0.1) is 0 Å². The van der Waals surface area contributed by atoms with Crippen molar-refractivity contribution in [1.82, 2.24) is 24.6 Å². The SMILES string of the molecule is O=C(CCn1cnc2cc(-c3noc(-c4ccc(Br)o4)n3)ccc21)N1CCCCC1. The highest BCUT2D eigenvalue weighted by Crippen LogP contribution is 2.27. The number of likely N-dealkylation sites (tertiary alicyclic amines) is 1. The van der Waals surface area contributed by atoms with E-state index in [2.05, 4.69) is 31.1 Å². The number of piperidine rings is 1. The predicted octanol–water partition coefficient (Wildman–Crippen LogP) is 4.51. The second-order valence-electron chi connectivity index (χ2n) is 7.36. The van der Waals surface area contributed by atoms with Crippen molar-refractivity contribution >= 4 is 32.9 Å².